The van der Waals surface area contributed by atoms with Gasteiger partial charge < -0.3 is 9.64 Å². The zero-order valence-electron chi connectivity index (χ0n) is 13.1. The van der Waals surface area contributed by atoms with Gasteiger partial charge in [-0.1, -0.05) is 11.6 Å². The van der Waals surface area contributed by atoms with E-state index in [1.807, 2.05) is 28.8 Å². The van der Waals surface area contributed by atoms with Crippen LogP contribution in [0.1, 0.15) is 36.2 Å². The predicted octanol–water partition coefficient (Wildman–Crippen LogP) is 3.41. The molecule has 1 aliphatic heterocycles. The van der Waals surface area contributed by atoms with Crippen molar-refractivity contribution in [3.8, 4) is 5.75 Å². The molecule has 0 spiro atoms. The Morgan fingerprint density at radius 1 is 1.39 bits per heavy atom. The van der Waals surface area contributed by atoms with Crippen molar-refractivity contribution in [3.05, 3.63) is 47.2 Å². The van der Waals surface area contributed by atoms with Crippen LogP contribution in [0, 0.1) is 0 Å². The van der Waals surface area contributed by atoms with E-state index in [0.717, 1.165) is 25.9 Å². The maximum Gasteiger partial charge on any atom is 0.257 e. The van der Waals surface area contributed by atoms with E-state index in [9.17, 15) is 4.79 Å². The number of halogens is 1. The van der Waals surface area contributed by atoms with Gasteiger partial charge in [0.1, 0.15) is 5.75 Å². The van der Waals surface area contributed by atoms with Gasteiger partial charge in [0.25, 0.3) is 5.91 Å². The minimum absolute atomic E-state index is 0.00373. The summed E-state index contributed by atoms with van der Waals surface area (Å²) in [6, 6.07) is 7.47. The smallest absolute Gasteiger partial charge is 0.257 e. The molecule has 0 saturated carbocycles. The maximum atomic E-state index is 12.8. The summed E-state index contributed by atoms with van der Waals surface area (Å²) in [7, 11) is 0. The number of hydrogen-bond acceptors (Lipinski definition) is 3. The molecular weight excluding hydrogens is 314 g/mol. The van der Waals surface area contributed by atoms with Gasteiger partial charge in [0.15, 0.2) is 0 Å². The van der Waals surface area contributed by atoms with Crippen molar-refractivity contribution in [1.29, 1.82) is 0 Å². The maximum absolute atomic E-state index is 12.8. The third kappa shape index (κ3) is 3.50. The molecular formula is C17H20ClN3O2. The third-order valence-corrected chi connectivity index (χ3v) is 4.36. The van der Waals surface area contributed by atoms with Gasteiger partial charge in [-0.05, 0) is 44.0 Å². The zero-order chi connectivity index (χ0) is 16.2. The number of benzene rings is 1. The molecule has 6 heteroatoms. The molecule has 2 heterocycles. The topological polar surface area (TPSA) is 47.4 Å². The van der Waals surface area contributed by atoms with Gasteiger partial charge in [0, 0.05) is 30.5 Å². The molecule has 1 saturated heterocycles. The summed E-state index contributed by atoms with van der Waals surface area (Å²) in [4.78, 5) is 14.7. The molecule has 1 aromatic heterocycles. The Balaban J connectivity index is 1.70. The average Bonchev–Trinajstić information content (AvgIpc) is 3.09. The highest BCUT2D eigenvalue weighted by Gasteiger charge is 2.26. The quantitative estimate of drug-likeness (QED) is 0.861. The second kappa shape index (κ2) is 7.04. The second-order valence-electron chi connectivity index (χ2n) is 5.58. The molecule has 23 heavy (non-hydrogen) atoms. The fraction of sp³-hybridized carbons (Fsp3) is 0.412. The summed E-state index contributed by atoms with van der Waals surface area (Å²) in [5.41, 5.74) is 0.578. The summed E-state index contributed by atoms with van der Waals surface area (Å²) in [6.45, 7) is 3.84. The first-order valence-corrected chi connectivity index (χ1v) is 8.27. The third-order valence-electron chi connectivity index (χ3n) is 4.12. The highest BCUT2D eigenvalue weighted by atomic mass is 35.5. The van der Waals surface area contributed by atoms with Crippen molar-refractivity contribution in [2.24, 2.45) is 0 Å². The number of aromatic nitrogens is 2. The van der Waals surface area contributed by atoms with Crippen molar-refractivity contribution < 1.29 is 9.53 Å². The van der Waals surface area contributed by atoms with Crippen LogP contribution in [-0.2, 0) is 0 Å². The summed E-state index contributed by atoms with van der Waals surface area (Å²) < 4.78 is 7.55. The first-order chi connectivity index (χ1) is 11.2. The van der Waals surface area contributed by atoms with Crippen molar-refractivity contribution >= 4 is 17.5 Å². The van der Waals surface area contributed by atoms with Gasteiger partial charge in [0.2, 0.25) is 0 Å². The molecule has 3 rings (SSSR count). The molecule has 0 unspecified atom stereocenters. The molecule has 0 N–H and O–H groups in total. The molecule has 1 fully saturated rings. The van der Waals surface area contributed by atoms with Crippen LogP contribution in [0.5, 0.6) is 5.75 Å². The first-order valence-electron chi connectivity index (χ1n) is 7.89. The Labute approximate surface area is 140 Å². The standard InChI is InChI=1S/C17H20ClN3O2/c1-2-23-16-12-13(18)4-5-15(16)17(22)20-10-6-14(7-11-20)21-9-3-8-19-21/h3-5,8-9,12,14H,2,6-7,10-11H2,1H3. The molecule has 0 aliphatic carbocycles. The largest absolute Gasteiger partial charge is 0.493 e. The molecule has 0 atom stereocenters. The summed E-state index contributed by atoms with van der Waals surface area (Å²) in [6.07, 6.45) is 5.59. The molecule has 122 valence electrons. The monoisotopic (exact) mass is 333 g/mol. The van der Waals surface area contributed by atoms with Crippen molar-refractivity contribution in [3.63, 3.8) is 0 Å². The minimum atomic E-state index is 0.00373. The summed E-state index contributed by atoms with van der Waals surface area (Å²) in [5, 5.41) is 4.87. The van der Waals surface area contributed by atoms with Gasteiger partial charge >= 0.3 is 0 Å². The highest BCUT2D eigenvalue weighted by molar-refractivity contribution is 6.30. The fourth-order valence-corrected chi connectivity index (χ4v) is 3.11. The fourth-order valence-electron chi connectivity index (χ4n) is 2.95. The molecule has 2 aromatic rings. The summed E-state index contributed by atoms with van der Waals surface area (Å²) >= 11 is 6.00. The van der Waals surface area contributed by atoms with Crippen molar-refractivity contribution in [2.45, 2.75) is 25.8 Å². The van der Waals surface area contributed by atoms with Gasteiger partial charge in [-0.3, -0.25) is 9.48 Å². The van der Waals surface area contributed by atoms with Crippen LogP contribution in [0.2, 0.25) is 5.02 Å². The van der Waals surface area contributed by atoms with E-state index in [2.05, 4.69) is 5.10 Å². The number of amides is 1. The van der Waals surface area contributed by atoms with E-state index in [0.29, 0.717) is 29.0 Å². The van der Waals surface area contributed by atoms with Gasteiger partial charge in [0.05, 0.1) is 18.2 Å². The zero-order valence-corrected chi connectivity index (χ0v) is 13.9. The van der Waals surface area contributed by atoms with Crippen LogP contribution in [0.4, 0.5) is 0 Å². The number of carbonyl (C=O) groups is 1. The van der Waals surface area contributed by atoms with Crippen molar-refractivity contribution in [1.82, 2.24) is 14.7 Å². The molecule has 1 aliphatic rings. The minimum Gasteiger partial charge on any atom is -0.493 e. The molecule has 0 radical (unpaired) electrons. The van der Waals surface area contributed by atoms with E-state index in [1.165, 1.54) is 0 Å². The van der Waals surface area contributed by atoms with E-state index in [-0.39, 0.29) is 5.91 Å². The lowest BCUT2D eigenvalue weighted by Gasteiger charge is -2.32. The molecule has 1 aromatic carbocycles. The van der Waals surface area contributed by atoms with Crippen molar-refractivity contribution in [2.75, 3.05) is 19.7 Å². The van der Waals surface area contributed by atoms with E-state index < -0.39 is 0 Å². The Bertz CT molecular complexity index is 664. The summed E-state index contributed by atoms with van der Waals surface area (Å²) in [5.74, 6) is 0.559. The normalized spacial score (nSPS) is 15.7. The van der Waals surface area contributed by atoms with E-state index >= 15 is 0 Å². The molecule has 5 nitrogen and oxygen atoms in total. The van der Waals surface area contributed by atoms with Crippen LogP contribution in [0.3, 0.4) is 0 Å². The van der Waals surface area contributed by atoms with E-state index in [4.69, 9.17) is 16.3 Å². The molecule has 0 bridgehead atoms. The number of likely N-dealkylation sites (tertiary alicyclic amines) is 1. The number of nitrogens with zero attached hydrogens (tertiary/aromatic N) is 3. The Hall–Kier alpha value is -2.01. The first kappa shape index (κ1) is 15.9. The van der Waals surface area contributed by atoms with Gasteiger partial charge in [-0.15, -0.1) is 0 Å². The van der Waals surface area contributed by atoms with Crippen LogP contribution in [0.15, 0.2) is 36.7 Å². The van der Waals surface area contributed by atoms with Gasteiger partial charge in [-0.25, -0.2) is 0 Å². The number of hydrogen-bond donors (Lipinski definition) is 0. The Morgan fingerprint density at radius 3 is 2.83 bits per heavy atom. The number of piperidine rings is 1. The highest BCUT2D eigenvalue weighted by Crippen LogP contribution is 2.28. The van der Waals surface area contributed by atoms with Crippen LogP contribution < -0.4 is 4.74 Å². The lowest BCUT2D eigenvalue weighted by atomic mass is 10.0. The number of carbonyl (C=O) groups excluding carboxylic acids is 1. The number of ether oxygens (including phenoxy) is 1. The van der Waals surface area contributed by atoms with Crippen LogP contribution in [-0.4, -0.2) is 40.3 Å². The molecule has 1 amide bonds. The number of rotatable bonds is 4. The lowest BCUT2D eigenvalue weighted by molar-refractivity contribution is 0.0686. The van der Waals surface area contributed by atoms with E-state index in [1.54, 1.807) is 24.4 Å². The second-order valence-corrected chi connectivity index (χ2v) is 6.02. The van der Waals surface area contributed by atoms with Crippen LogP contribution in [0.25, 0.3) is 0 Å². The Kier molecular flexibility index (Phi) is 4.86. The predicted molar refractivity (Wildman–Crippen MR) is 89.0 cm³/mol. The SMILES string of the molecule is CCOc1cc(Cl)ccc1C(=O)N1CCC(n2cccn2)CC1. The average molecular weight is 334 g/mol. The Morgan fingerprint density at radius 2 is 2.17 bits per heavy atom. The lowest BCUT2D eigenvalue weighted by Crippen LogP contribution is -2.39. The van der Waals surface area contributed by atoms with Crippen LogP contribution >= 0.6 is 11.6 Å². The van der Waals surface area contributed by atoms with Gasteiger partial charge in [-0.2, -0.15) is 5.10 Å².